The van der Waals surface area contributed by atoms with Crippen molar-refractivity contribution in [3.63, 3.8) is 0 Å². The van der Waals surface area contributed by atoms with E-state index in [1.54, 1.807) is 0 Å². The lowest BCUT2D eigenvalue weighted by Crippen LogP contribution is -2.25. The third kappa shape index (κ3) is 3.97. The molecule has 3 rings (SSSR count). The number of ketones is 1. The van der Waals surface area contributed by atoms with Gasteiger partial charge in [0.2, 0.25) is 0 Å². The van der Waals surface area contributed by atoms with Crippen molar-refractivity contribution in [3.05, 3.63) is 40.1 Å². The summed E-state index contributed by atoms with van der Waals surface area (Å²) in [6.07, 6.45) is -3.75. The van der Waals surface area contributed by atoms with Crippen LogP contribution in [0.15, 0.2) is 30.3 Å². The fourth-order valence-corrected chi connectivity index (χ4v) is 2.86. The molecule has 0 fully saturated rings. The van der Waals surface area contributed by atoms with Crippen LogP contribution in [-0.4, -0.2) is 30.6 Å². The summed E-state index contributed by atoms with van der Waals surface area (Å²) in [5, 5.41) is 2.38. The Morgan fingerprint density at radius 2 is 1.81 bits per heavy atom. The van der Waals surface area contributed by atoms with Crippen LogP contribution in [0.2, 0.25) is 0 Å². The zero-order valence-corrected chi connectivity index (χ0v) is 14.0. The number of benzene rings is 1. The number of nitrogens with one attached hydrogen (secondary N) is 1. The van der Waals surface area contributed by atoms with Crippen molar-refractivity contribution < 1.29 is 37.4 Å². The van der Waals surface area contributed by atoms with Gasteiger partial charge in [-0.1, -0.05) is 0 Å². The highest BCUT2D eigenvalue weighted by molar-refractivity contribution is 7.15. The van der Waals surface area contributed by atoms with E-state index in [0.717, 1.165) is 17.4 Å². The second-order valence-corrected chi connectivity index (χ2v) is 6.26. The highest BCUT2D eigenvalue weighted by Crippen LogP contribution is 2.42. The smallest absolute Gasteiger partial charge is 0.451 e. The maximum atomic E-state index is 12.9. The lowest BCUT2D eigenvalue weighted by atomic mass is 10.3. The molecule has 1 N–H and O–H groups in total. The summed E-state index contributed by atoms with van der Waals surface area (Å²) in [7, 11) is 0. The molecule has 0 aliphatic carbocycles. The number of ether oxygens (including phenoxy) is 3. The van der Waals surface area contributed by atoms with Crippen LogP contribution in [-0.2, 0) is 9.53 Å². The fourth-order valence-electron chi connectivity index (χ4n) is 2.06. The van der Waals surface area contributed by atoms with Gasteiger partial charge in [-0.2, -0.15) is 0 Å². The van der Waals surface area contributed by atoms with Gasteiger partial charge in [0, 0.05) is 11.8 Å². The largest absolute Gasteiger partial charge is 0.586 e. The van der Waals surface area contributed by atoms with Gasteiger partial charge < -0.3 is 19.5 Å². The predicted molar refractivity (Wildman–Crippen MR) is 85.9 cm³/mol. The van der Waals surface area contributed by atoms with Crippen LogP contribution in [0, 0.1) is 0 Å². The average molecular weight is 383 g/mol. The highest BCUT2D eigenvalue weighted by atomic mass is 32.1. The normalized spacial score (nSPS) is 14.0. The second-order valence-electron chi connectivity index (χ2n) is 5.17. The number of Topliss-reactive ketones (excluding diaryl/α,β-unsaturated/α-hetero) is 1. The molecule has 0 spiro atoms. The molecule has 10 heteroatoms. The van der Waals surface area contributed by atoms with E-state index in [1.807, 2.05) is 0 Å². The number of thiophene rings is 1. The quantitative estimate of drug-likeness (QED) is 0.630. The Kier molecular flexibility index (Phi) is 4.60. The van der Waals surface area contributed by atoms with Gasteiger partial charge in [0.1, 0.15) is 4.88 Å². The third-order valence-electron chi connectivity index (χ3n) is 3.17. The molecule has 0 bridgehead atoms. The first-order valence-corrected chi connectivity index (χ1v) is 8.03. The van der Waals surface area contributed by atoms with Crippen LogP contribution in [0.4, 0.5) is 14.5 Å². The first-order valence-electron chi connectivity index (χ1n) is 7.21. The molecule has 2 heterocycles. The minimum absolute atomic E-state index is 0.154. The number of amides is 1. The molecule has 136 valence electrons. The van der Waals surface area contributed by atoms with Crippen molar-refractivity contribution in [1.29, 1.82) is 0 Å². The van der Waals surface area contributed by atoms with E-state index < -0.39 is 24.8 Å². The first kappa shape index (κ1) is 17.8. The van der Waals surface area contributed by atoms with E-state index in [0.29, 0.717) is 4.88 Å². The average Bonchev–Trinajstić information content (AvgIpc) is 3.15. The Labute approximate surface area is 149 Å². The summed E-state index contributed by atoms with van der Waals surface area (Å²) in [6, 6.07) is 6.63. The van der Waals surface area contributed by atoms with Crippen molar-refractivity contribution >= 4 is 34.7 Å². The van der Waals surface area contributed by atoms with Gasteiger partial charge in [0.15, 0.2) is 23.9 Å². The van der Waals surface area contributed by atoms with Crippen molar-refractivity contribution in [1.82, 2.24) is 0 Å². The van der Waals surface area contributed by atoms with E-state index in [4.69, 9.17) is 4.74 Å². The Morgan fingerprint density at radius 1 is 1.12 bits per heavy atom. The van der Waals surface area contributed by atoms with Gasteiger partial charge in [-0.15, -0.1) is 20.1 Å². The first-order chi connectivity index (χ1) is 12.2. The number of halogens is 2. The number of hydrogen-bond donors (Lipinski definition) is 1. The fraction of sp³-hybridized carbons (Fsp3) is 0.188. The van der Waals surface area contributed by atoms with Crippen LogP contribution in [0.5, 0.6) is 11.5 Å². The van der Waals surface area contributed by atoms with Gasteiger partial charge in [-0.05, 0) is 31.2 Å². The number of esters is 1. The number of anilines is 1. The molecular weight excluding hydrogens is 372 g/mol. The summed E-state index contributed by atoms with van der Waals surface area (Å²) < 4.78 is 39.3. The zero-order valence-electron chi connectivity index (χ0n) is 13.2. The van der Waals surface area contributed by atoms with Crippen LogP contribution in [0.25, 0.3) is 0 Å². The highest BCUT2D eigenvalue weighted by Gasteiger charge is 2.43. The number of rotatable bonds is 5. The van der Waals surface area contributed by atoms with Gasteiger partial charge >= 0.3 is 12.3 Å². The molecule has 0 saturated heterocycles. The number of carbonyl (C=O) groups is 3. The van der Waals surface area contributed by atoms with E-state index >= 15 is 0 Å². The van der Waals surface area contributed by atoms with Crippen molar-refractivity contribution in [2.24, 2.45) is 0 Å². The predicted octanol–water partition coefficient (Wildman–Crippen LogP) is 3.07. The Balaban J connectivity index is 1.55. The molecule has 0 atom stereocenters. The van der Waals surface area contributed by atoms with Gasteiger partial charge in [0.05, 0.1) is 4.88 Å². The molecule has 0 radical (unpaired) electrons. The van der Waals surface area contributed by atoms with E-state index in [9.17, 15) is 23.2 Å². The van der Waals surface area contributed by atoms with E-state index in [1.165, 1.54) is 31.2 Å². The van der Waals surface area contributed by atoms with E-state index in [-0.39, 0.29) is 27.8 Å². The third-order valence-corrected chi connectivity index (χ3v) is 4.34. The number of hydrogen-bond acceptors (Lipinski definition) is 7. The molecule has 0 saturated carbocycles. The van der Waals surface area contributed by atoms with Crippen LogP contribution < -0.4 is 14.8 Å². The van der Waals surface area contributed by atoms with Crippen molar-refractivity contribution in [2.45, 2.75) is 13.2 Å². The SMILES string of the molecule is CC(=O)c1ccc(C(=O)OCC(=O)Nc2ccc3c(c2)OC(F)(F)O3)s1. The van der Waals surface area contributed by atoms with Gasteiger partial charge in [0.25, 0.3) is 5.91 Å². The topological polar surface area (TPSA) is 90.9 Å². The molecule has 26 heavy (non-hydrogen) atoms. The van der Waals surface area contributed by atoms with Crippen LogP contribution in [0.1, 0.15) is 26.3 Å². The molecule has 0 unspecified atom stereocenters. The maximum Gasteiger partial charge on any atom is 0.586 e. The Hall–Kier alpha value is -3.01. The molecule has 7 nitrogen and oxygen atoms in total. The van der Waals surface area contributed by atoms with Crippen LogP contribution in [0.3, 0.4) is 0 Å². The monoisotopic (exact) mass is 383 g/mol. The zero-order chi connectivity index (χ0) is 18.9. The summed E-state index contributed by atoms with van der Waals surface area (Å²) in [5.41, 5.74) is 0.168. The summed E-state index contributed by atoms with van der Waals surface area (Å²) in [5.74, 6) is -1.98. The number of alkyl halides is 2. The lowest BCUT2D eigenvalue weighted by Gasteiger charge is -2.06. The Morgan fingerprint density at radius 3 is 2.50 bits per heavy atom. The minimum Gasteiger partial charge on any atom is -0.451 e. The van der Waals surface area contributed by atoms with Crippen LogP contribution >= 0.6 is 11.3 Å². The summed E-state index contributed by atoms with van der Waals surface area (Å²) in [4.78, 5) is 35.5. The molecule has 1 aromatic heterocycles. The maximum absolute atomic E-state index is 12.9. The van der Waals surface area contributed by atoms with Gasteiger partial charge in [-0.3, -0.25) is 9.59 Å². The summed E-state index contributed by atoms with van der Waals surface area (Å²) >= 11 is 0.961. The van der Waals surface area contributed by atoms with E-state index in [2.05, 4.69) is 14.8 Å². The molecule has 1 aliphatic heterocycles. The number of fused-ring (bicyclic) bond motifs is 1. The second kappa shape index (κ2) is 6.71. The molecule has 1 aromatic carbocycles. The number of carbonyl (C=O) groups excluding carboxylic acids is 3. The summed E-state index contributed by atoms with van der Waals surface area (Å²) in [6.45, 7) is 0.784. The Bertz CT molecular complexity index is 895. The standard InChI is InChI=1S/C16H11F2NO6S/c1-8(20)12-4-5-13(26-12)15(22)23-7-14(21)19-9-2-3-10-11(6-9)25-16(17,18)24-10/h2-6H,7H2,1H3,(H,19,21). The minimum atomic E-state index is -3.75. The molecular formula is C16H11F2NO6S. The van der Waals surface area contributed by atoms with Crippen molar-refractivity contribution in [2.75, 3.05) is 11.9 Å². The lowest BCUT2D eigenvalue weighted by molar-refractivity contribution is -0.286. The molecule has 1 amide bonds. The van der Waals surface area contributed by atoms with Crippen molar-refractivity contribution in [3.8, 4) is 11.5 Å². The molecule has 1 aliphatic rings. The molecule has 2 aromatic rings. The van der Waals surface area contributed by atoms with Gasteiger partial charge in [-0.25, -0.2) is 4.79 Å².